The number of carbonyl (C=O) groups excluding carboxylic acids is 2. The number of aromatic nitrogens is 3. The molecule has 5 saturated carbocycles. The highest BCUT2D eigenvalue weighted by molar-refractivity contribution is 6.30. The van der Waals surface area contributed by atoms with Crippen LogP contribution in [0.15, 0.2) is 58.1 Å². The Hall–Kier alpha value is -5.45. The number of rotatable bonds is 18. The van der Waals surface area contributed by atoms with Gasteiger partial charge < -0.3 is 36.6 Å². The van der Waals surface area contributed by atoms with E-state index in [1.165, 1.54) is 31.4 Å². The number of hydrogen-bond acceptors (Lipinski definition) is 12. The van der Waals surface area contributed by atoms with Crippen LogP contribution in [0.4, 0.5) is 42.1 Å². The van der Waals surface area contributed by atoms with E-state index < -0.39 is 47.1 Å². The normalized spacial score (nSPS) is 24.7. The maximum atomic E-state index is 13.8. The van der Waals surface area contributed by atoms with Crippen LogP contribution in [0.25, 0.3) is 0 Å². The first-order chi connectivity index (χ1) is 29.8. The van der Waals surface area contributed by atoms with E-state index in [0.29, 0.717) is 40.9 Å². The van der Waals surface area contributed by atoms with Crippen LogP contribution in [-0.4, -0.2) is 64.7 Å². The van der Waals surface area contributed by atoms with Gasteiger partial charge in [-0.3, -0.25) is 19.2 Å². The second-order valence-electron chi connectivity index (χ2n) is 17.8. The second kappa shape index (κ2) is 17.0. The highest BCUT2D eigenvalue weighted by atomic mass is 35.5. The van der Waals surface area contributed by atoms with Crippen molar-refractivity contribution in [2.75, 3.05) is 41.0 Å². The minimum Gasteiger partial charge on any atom is -0.454 e. The van der Waals surface area contributed by atoms with Crippen LogP contribution in [-0.2, 0) is 10.3 Å². The first-order valence-electron chi connectivity index (χ1n) is 21.6. The molecule has 4 bridgehead atoms. The SMILES string of the molecule is O=C(N[C@@H](CCNc1c(NCC2C[C@H]3CC[C@@H]2C3)c(=O)c1=O)C(=O)N[C@@H]1C[C@H]2CC[C@@H]1C2)c1ccc(Nc2nc(NC3(c4ccc(Cl)cc4)CC3)nc(OCC(F)(F)F)n2)cc1. The fraction of sp³-hybridized carbons (Fsp3) is 0.523. The molecule has 1 unspecified atom stereocenters. The van der Waals surface area contributed by atoms with Crippen molar-refractivity contribution in [1.29, 1.82) is 0 Å². The van der Waals surface area contributed by atoms with Crippen molar-refractivity contribution in [2.45, 2.75) is 94.4 Å². The van der Waals surface area contributed by atoms with Gasteiger partial charge in [-0.25, -0.2) is 0 Å². The van der Waals surface area contributed by atoms with Crippen molar-refractivity contribution < 1.29 is 27.5 Å². The maximum absolute atomic E-state index is 13.8. The first-order valence-corrected chi connectivity index (χ1v) is 21.9. The van der Waals surface area contributed by atoms with Gasteiger partial charge in [0, 0.05) is 35.4 Å². The number of alkyl halides is 3. The van der Waals surface area contributed by atoms with Crippen LogP contribution in [0.5, 0.6) is 6.01 Å². The van der Waals surface area contributed by atoms with E-state index >= 15 is 0 Å². The molecule has 6 N–H and O–H groups in total. The summed E-state index contributed by atoms with van der Waals surface area (Å²) < 4.78 is 44.2. The van der Waals surface area contributed by atoms with Gasteiger partial charge in [0.1, 0.15) is 17.4 Å². The molecule has 4 aromatic rings. The first kappa shape index (κ1) is 41.9. The van der Waals surface area contributed by atoms with Crippen molar-refractivity contribution in [3.63, 3.8) is 0 Å². The highest BCUT2D eigenvalue weighted by Crippen LogP contribution is 2.49. The molecule has 3 aromatic carbocycles. The molecular weight excluding hydrogens is 827 g/mol. The molecular formula is C44H49ClF3N9O5. The summed E-state index contributed by atoms with van der Waals surface area (Å²) in [4.78, 5) is 65.2. The van der Waals surface area contributed by atoms with E-state index in [0.717, 1.165) is 56.4 Å². The zero-order chi connectivity index (χ0) is 43.2. The van der Waals surface area contributed by atoms with E-state index in [9.17, 15) is 32.3 Å². The van der Waals surface area contributed by atoms with Gasteiger partial charge >= 0.3 is 12.2 Å². The summed E-state index contributed by atoms with van der Waals surface area (Å²) in [5, 5.41) is 19.1. The molecule has 9 rings (SSSR count). The molecule has 328 valence electrons. The monoisotopic (exact) mass is 875 g/mol. The number of hydrogen-bond donors (Lipinski definition) is 6. The zero-order valence-electron chi connectivity index (χ0n) is 34.0. The third kappa shape index (κ3) is 9.32. The fourth-order valence-corrected chi connectivity index (χ4v) is 10.4. The van der Waals surface area contributed by atoms with E-state index in [1.54, 1.807) is 24.3 Å². The molecule has 1 heterocycles. The topological polar surface area (TPSA) is 188 Å². The lowest BCUT2D eigenvalue weighted by Crippen LogP contribution is -2.51. The van der Waals surface area contributed by atoms with Crippen molar-refractivity contribution in [3.8, 4) is 6.01 Å². The predicted molar refractivity (Wildman–Crippen MR) is 228 cm³/mol. The van der Waals surface area contributed by atoms with Crippen LogP contribution in [0.1, 0.15) is 86.6 Å². The molecule has 0 aliphatic heterocycles. The molecule has 14 nitrogen and oxygen atoms in total. The zero-order valence-corrected chi connectivity index (χ0v) is 34.7. The van der Waals surface area contributed by atoms with E-state index in [2.05, 4.69) is 46.9 Å². The van der Waals surface area contributed by atoms with Crippen LogP contribution in [0.2, 0.25) is 5.02 Å². The number of ether oxygens (including phenoxy) is 1. The molecule has 62 heavy (non-hydrogen) atoms. The number of anilines is 5. The molecule has 0 spiro atoms. The summed E-state index contributed by atoms with van der Waals surface area (Å²) in [6, 6.07) is 12.0. The van der Waals surface area contributed by atoms with Gasteiger partial charge in [0.15, 0.2) is 6.61 Å². The molecule has 5 fully saturated rings. The molecule has 1 aromatic heterocycles. The number of nitrogens with one attached hydrogen (secondary N) is 6. The second-order valence-corrected chi connectivity index (χ2v) is 18.3. The van der Waals surface area contributed by atoms with Crippen molar-refractivity contribution >= 4 is 52.4 Å². The van der Waals surface area contributed by atoms with Gasteiger partial charge in [-0.05, 0) is 129 Å². The lowest BCUT2D eigenvalue weighted by molar-refractivity contribution is -0.154. The van der Waals surface area contributed by atoms with Crippen LogP contribution in [0.3, 0.4) is 0 Å². The van der Waals surface area contributed by atoms with E-state index in [1.807, 2.05) is 12.1 Å². The summed E-state index contributed by atoms with van der Waals surface area (Å²) in [5.74, 6) is 1.99. The van der Waals surface area contributed by atoms with Crippen molar-refractivity contribution in [3.05, 3.63) is 85.1 Å². The lowest BCUT2D eigenvalue weighted by atomic mass is 9.89. The number of halogens is 4. The largest absolute Gasteiger partial charge is 0.454 e. The number of amides is 2. The van der Waals surface area contributed by atoms with Gasteiger partial charge in [0.05, 0.1) is 5.54 Å². The summed E-state index contributed by atoms with van der Waals surface area (Å²) in [6.45, 7) is -0.797. The Morgan fingerprint density at radius 3 is 2.13 bits per heavy atom. The Labute approximate surface area is 360 Å². The highest BCUT2D eigenvalue weighted by Gasteiger charge is 2.45. The number of nitrogens with zero attached hydrogens (tertiary/aromatic N) is 3. The predicted octanol–water partition coefficient (Wildman–Crippen LogP) is 6.66. The molecule has 0 radical (unpaired) electrons. The maximum Gasteiger partial charge on any atom is 0.422 e. The third-order valence-electron chi connectivity index (χ3n) is 13.6. The van der Waals surface area contributed by atoms with Gasteiger partial charge in [-0.15, -0.1) is 0 Å². The Kier molecular flexibility index (Phi) is 11.5. The summed E-state index contributed by atoms with van der Waals surface area (Å²) in [5.41, 5.74) is 0.382. The number of fused-ring (bicyclic) bond motifs is 4. The Balaban J connectivity index is 0.856. The summed E-state index contributed by atoms with van der Waals surface area (Å²) in [6.07, 6.45) is 6.06. The lowest BCUT2D eigenvalue weighted by Gasteiger charge is -2.26. The summed E-state index contributed by atoms with van der Waals surface area (Å²) in [7, 11) is 0. The average molecular weight is 876 g/mol. The number of benzene rings is 2. The van der Waals surface area contributed by atoms with Gasteiger partial charge in [-0.2, -0.15) is 28.1 Å². The summed E-state index contributed by atoms with van der Waals surface area (Å²) >= 11 is 6.08. The van der Waals surface area contributed by atoms with Crippen molar-refractivity contribution in [1.82, 2.24) is 25.6 Å². The van der Waals surface area contributed by atoms with Gasteiger partial charge in [-0.1, -0.05) is 36.6 Å². The molecule has 7 atom stereocenters. The van der Waals surface area contributed by atoms with E-state index in [-0.39, 0.29) is 53.7 Å². The number of carbonyl (C=O) groups is 2. The minimum atomic E-state index is -4.62. The molecule has 5 aliphatic rings. The third-order valence-corrected chi connectivity index (χ3v) is 13.9. The quantitative estimate of drug-likeness (QED) is 0.0585. The Bertz CT molecular complexity index is 2370. The van der Waals surface area contributed by atoms with Gasteiger partial charge in [0.2, 0.25) is 17.8 Å². The average Bonchev–Trinajstić information content (AvgIpc) is 3.65. The Morgan fingerprint density at radius 2 is 1.50 bits per heavy atom. The smallest absolute Gasteiger partial charge is 0.422 e. The van der Waals surface area contributed by atoms with Gasteiger partial charge in [0.25, 0.3) is 16.8 Å². The molecule has 2 amide bonds. The molecule has 5 aliphatic carbocycles. The fourth-order valence-electron chi connectivity index (χ4n) is 10.3. The molecule has 0 saturated heterocycles. The standard InChI is InChI=1S/C44H49ClF3N9O5/c45-30-9-7-29(8-10-30)43(14-15-43)57-41-54-40(55-42(56-41)62-22-44(46,47)48)51-31-11-5-25(6-12-31)38(60)52-32(39(61)53-33-20-24-2-4-27(33)18-24)13-16-49-34-35(37(59)36(34)58)50-21-28-19-23-1-3-26(28)17-23/h5-12,23-24,26-28,32-33,49-50H,1-4,13-22H2,(H,52,60)(H,53,61)(H2,51,54,55,56,57)/t23-,24-,26+,27+,28?,32-,33+/m0/s1. The van der Waals surface area contributed by atoms with Crippen molar-refractivity contribution in [2.24, 2.45) is 29.6 Å². The van der Waals surface area contributed by atoms with Crippen LogP contribution >= 0.6 is 11.6 Å². The minimum absolute atomic E-state index is 0.000118. The van der Waals surface area contributed by atoms with E-state index in [4.69, 9.17) is 16.3 Å². The van der Waals surface area contributed by atoms with Crippen LogP contribution < -0.4 is 47.5 Å². The van der Waals surface area contributed by atoms with Crippen LogP contribution in [0, 0.1) is 29.6 Å². The Morgan fingerprint density at radius 1 is 0.823 bits per heavy atom. The molecule has 18 heteroatoms.